The molecule has 3 aromatic carbocycles. The lowest BCUT2D eigenvalue weighted by molar-refractivity contribution is -0.137. The summed E-state index contributed by atoms with van der Waals surface area (Å²) in [6.45, 7) is 2.09. The summed E-state index contributed by atoms with van der Waals surface area (Å²) in [5.41, 5.74) is 2.44. The fourth-order valence-electron chi connectivity index (χ4n) is 5.39. The smallest absolute Gasteiger partial charge is 0.368 e. The van der Waals surface area contributed by atoms with Crippen LogP contribution in [0, 0.1) is 11.7 Å². The molecule has 0 N–H and O–H groups in total. The number of piperazine rings is 1. The highest BCUT2D eigenvalue weighted by Crippen LogP contribution is 2.40. The van der Waals surface area contributed by atoms with Gasteiger partial charge in [0.05, 0.1) is 17.5 Å². The normalized spacial score (nSPS) is 19.5. The van der Waals surface area contributed by atoms with Gasteiger partial charge >= 0.3 is 6.18 Å². The van der Waals surface area contributed by atoms with E-state index < -0.39 is 17.7 Å². The van der Waals surface area contributed by atoms with Crippen molar-refractivity contribution in [2.45, 2.75) is 25.2 Å². The molecule has 2 aliphatic heterocycles. The van der Waals surface area contributed by atoms with Gasteiger partial charge in [0.2, 0.25) is 5.91 Å². The van der Waals surface area contributed by atoms with E-state index in [0.29, 0.717) is 31.7 Å². The third-order valence-corrected chi connectivity index (χ3v) is 7.19. The Morgan fingerprint density at radius 2 is 1.72 bits per heavy atom. The number of anilines is 2. The number of carbonyl (C=O) groups is 1. The third kappa shape index (κ3) is 4.76. The second-order valence-electron chi connectivity index (χ2n) is 9.51. The molecule has 3 aromatic rings. The van der Waals surface area contributed by atoms with Crippen LogP contribution in [0.3, 0.4) is 0 Å². The van der Waals surface area contributed by atoms with Crippen LogP contribution in [0.1, 0.15) is 16.7 Å². The number of hydrogen-bond donors (Lipinski definition) is 0. The number of hydrogen-bond acceptors (Lipinski definition) is 3. The van der Waals surface area contributed by atoms with Crippen molar-refractivity contribution < 1.29 is 22.4 Å². The third-order valence-electron chi connectivity index (χ3n) is 7.19. The molecule has 1 saturated heterocycles. The number of fused-ring (bicyclic) bond motifs is 3. The second kappa shape index (κ2) is 9.48. The summed E-state index contributed by atoms with van der Waals surface area (Å²) < 4.78 is 53.9. The summed E-state index contributed by atoms with van der Waals surface area (Å²) in [6.07, 6.45) is -4.22. The van der Waals surface area contributed by atoms with Gasteiger partial charge in [0.1, 0.15) is 5.82 Å². The molecule has 8 heteroatoms. The maximum atomic E-state index is 13.7. The Kier molecular flexibility index (Phi) is 6.36. The van der Waals surface area contributed by atoms with E-state index in [0.717, 1.165) is 23.0 Å². The Morgan fingerprint density at radius 1 is 1.00 bits per heavy atom. The first-order valence-corrected chi connectivity index (χ1v) is 12.0. The molecule has 0 aromatic heterocycles. The highest BCUT2D eigenvalue weighted by Gasteiger charge is 2.43. The van der Waals surface area contributed by atoms with E-state index in [-0.39, 0.29) is 24.2 Å². The molecule has 2 heterocycles. The zero-order valence-electron chi connectivity index (χ0n) is 19.9. The summed E-state index contributed by atoms with van der Waals surface area (Å²) in [5.74, 6) is -0.934. The summed E-state index contributed by atoms with van der Waals surface area (Å²) >= 11 is 0. The van der Waals surface area contributed by atoms with Crippen molar-refractivity contribution in [3.05, 3.63) is 95.3 Å². The number of nitrogens with zero attached hydrogens (tertiary/aromatic N) is 3. The van der Waals surface area contributed by atoms with Crippen molar-refractivity contribution in [1.82, 2.24) is 4.90 Å². The molecular formula is C28H27F4N3O. The predicted octanol–water partition coefficient (Wildman–Crippen LogP) is 5.37. The number of benzene rings is 3. The first kappa shape index (κ1) is 24.2. The molecule has 5 rings (SSSR count). The maximum Gasteiger partial charge on any atom is 0.416 e. The summed E-state index contributed by atoms with van der Waals surface area (Å²) in [5, 5.41) is 0. The summed E-state index contributed by atoms with van der Waals surface area (Å²) in [6, 6.07) is 19.5. The standard InChI is InChI=1S/C28H27F4N3O/c1-33(17-19-5-3-2-4-6-19)27(36)24-16-20-15-21(28(30,31)32)7-12-25(20)35-14-13-34(18-26(24)35)23-10-8-22(29)9-11-23/h2-12,15,24,26H,13-14,16-18H2,1H3. The lowest BCUT2D eigenvalue weighted by Gasteiger charge is -2.50. The molecule has 1 amide bonds. The van der Waals surface area contributed by atoms with Gasteiger partial charge in [-0.3, -0.25) is 4.79 Å². The number of halogens is 4. The van der Waals surface area contributed by atoms with Crippen molar-refractivity contribution in [1.29, 1.82) is 0 Å². The van der Waals surface area contributed by atoms with Crippen molar-refractivity contribution in [2.75, 3.05) is 36.5 Å². The zero-order chi connectivity index (χ0) is 25.4. The van der Waals surface area contributed by atoms with E-state index in [9.17, 15) is 22.4 Å². The molecule has 0 radical (unpaired) electrons. The van der Waals surface area contributed by atoms with E-state index in [2.05, 4.69) is 9.80 Å². The summed E-state index contributed by atoms with van der Waals surface area (Å²) in [4.78, 5) is 19.6. The monoisotopic (exact) mass is 497 g/mol. The van der Waals surface area contributed by atoms with Gasteiger partial charge in [0, 0.05) is 44.6 Å². The number of alkyl halides is 3. The predicted molar refractivity (Wildman–Crippen MR) is 131 cm³/mol. The molecule has 2 atom stereocenters. The van der Waals surface area contributed by atoms with Gasteiger partial charge in [-0.05, 0) is 60.0 Å². The number of amides is 1. The van der Waals surface area contributed by atoms with Crippen molar-refractivity contribution in [3.63, 3.8) is 0 Å². The molecule has 2 unspecified atom stereocenters. The van der Waals surface area contributed by atoms with Crippen LogP contribution in [-0.4, -0.2) is 43.5 Å². The Morgan fingerprint density at radius 3 is 2.42 bits per heavy atom. The second-order valence-corrected chi connectivity index (χ2v) is 9.51. The SMILES string of the molecule is CN(Cc1ccccc1)C(=O)C1Cc2cc(C(F)(F)F)ccc2N2CCN(c3ccc(F)cc3)CC12. The van der Waals surface area contributed by atoms with Gasteiger partial charge in [-0.2, -0.15) is 13.2 Å². The van der Waals surface area contributed by atoms with E-state index >= 15 is 0 Å². The Labute approximate surface area is 207 Å². The van der Waals surface area contributed by atoms with Gasteiger partial charge in [0.15, 0.2) is 0 Å². The zero-order valence-corrected chi connectivity index (χ0v) is 19.9. The maximum absolute atomic E-state index is 13.7. The van der Waals surface area contributed by atoms with Crippen LogP contribution in [0.25, 0.3) is 0 Å². The van der Waals surface area contributed by atoms with E-state index in [1.54, 1.807) is 24.1 Å². The molecule has 0 bridgehead atoms. The van der Waals surface area contributed by atoms with Gasteiger partial charge in [-0.15, -0.1) is 0 Å². The van der Waals surface area contributed by atoms with Crippen LogP contribution in [-0.2, 0) is 23.9 Å². The first-order chi connectivity index (χ1) is 17.2. The molecular weight excluding hydrogens is 470 g/mol. The van der Waals surface area contributed by atoms with Gasteiger partial charge in [-0.25, -0.2) is 4.39 Å². The minimum Gasteiger partial charge on any atom is -0.368 e. The van der Waals surface area contributed by atoms with E-state index in [1.165, 1.54) is 24.3 Å². The van der Waals surface area contributed by atoms with Gasteiger partial charge in [0.25, 0.3) is 0 Å². The van der Waals surface area contributed by atoms with Crippen LogP contribution >= 0.6 is 0 Å². The number of rotatable bonds is 4. The molecule has 36 heavy (non-hydrogen) atoms. The molecule has 4 nitrogen and oxygen atoms in total. The van der Waals surface area contributed by atoms with Crippen LogP contribution in [0.15, 0.2) is 72.8 Å². The quantitative estimate of drug-likeness (QED) is 0.454. The molecule has 188 valence electrons. The van der Waals surface area contributed by atoms with E-state index in [4.69, 9.17) is 0 Å². The largest absolute Gasteiger partial charge is 0.416 e. The highest BCUT2D eigenvalue weighted by atomic mass is 19.4. The van der Waals surface area contributed by atoms with Crippen LogP contribution in [0.4, 0.5) is 28.9 Å². The van der Waals surface area contributed by atoms with Gasteiger partial charge in [-0.1, -0.05) is 30.3 Å². The molecule has 2 aliphatic rings. The lowest BCUT2D eigenvalue weighted by Crippen LogP contribution is -2.61. The average molecular weight is 498 g/mol. The minimum atomic E-state index is -4.45. The van der Waals surface area contributed by atoms with Crippen LogP contribution in [0.2, 0.25) is 0 Å². The number of carbonyl (C=O) groups excluding carboxylic acids is 1. The van der Waals surface area contributed by atoms with E-state index in [1.807, 2.05) is 30.3 Å². The molecule has 0 spiro atoms. The molecule has 1 fully saturated rings. The molecule has 0 aliphatic carbocycles. The fourth-order valence-corrected chi connectivity index (χ4v) is 5.39. The summed E-state index contributed by atoms with van der Waals surface area (Å²) in [7, 11) is 1.74. The van der Waals surface area contributed by atoms with Crippen LogP contribution < -0.4 is 9.80 Å². The highest BCUT2D eigenvalue weighted by molar-refractivity contribution is 5.82. The van der Waals surface area contributed by atoms with Gasteiger partial charge < -0.3 is 14.7 Å². The fraction of sp³-hybridized carbons (Fsp3) is 0.321. The first-order valence-electron chi connectivity index (χ1n) is 12.0. The Balaban J connectivity index is 1.47. The topological polar surface area (TPSA) is 26.8 Å². The Bertz CT molecular complexity index is 1230. The molecule has 0 saturated carbocycles. The van der Waals surface area contributed by atoms with Crippen LogP contribution in [0.5, 0.6) is 0 Å². The van der Waals surface area contributed by atoms with Crippen molar-refractivity contribution in [3.8, 4) is 0 Å². The average Bonchev–Trinajstić information content (AvgIpc) is 2.87. The lowest BCUT2D eigenvalue weighted by atomic mass is 9.82. The van der Waals surface area contributed by atoms with Crippen molar-refractivity contribution in [2.24, 2.45) is 5.92 Å². The minimum absolute atomic E-state index is 0.0992. The van der Waals surface area contributed by atoms with Crippen molar-refractivity contribution >= 4 is 17.3 Å². The Hall–Kier alpha value is -3.55.